The Morgan fingerprint density at radius 3 is 2.86 bits per heavy atom. The molecular formula is C20H26O2. The molecule has 0 aliphatic heterocycles. The first-order valence-corrected chi connectivity index (χ1v) is 8.90. The summed E-state index contributed by atoms with van der Waals surface area (Å²) in [7, 11) is 0. The molecule has 22 heavy (non-hydrogen) atoms. The van der Waals surface area contributed by atoms with Crippen molar-refractivity contribution in [2.75, 3.05) is 0 Å². The molecule has 2 heteroatoms. The summed E-state index contributed by atoms with van der Waals surface area (Å²) in [4.78, 5) is 12.6. The van der Waals surface area contributed by atoms with Crippen LogP contribution in [0.25, 0.3) is 0 Å². The van der Waals surface area contributed by atoms with Gasteiger partial charge < -0.3 is 5.11 Å². The zero-order valence-corrected chi connectivity index (χ0v) is 13.6. The Labute approximate surface area is 132 Å². The fraction of sp³-hybridized carbons (Fsp3) is 0.650. The molecule has 1 N–H and O–H groups in total. The first-order valence-electron chi connectivity index (χ1n) is 8.90. The zero-order chi connectivity index (χ0) is 15.5. The molecular weight excluding hydrogens is 272 g/mol. The molecule has 2 fully saturated rings. The monoisotopic (exact) mass is 298 g/mol. The van der Waals surface area contributed by atoms with Crippen LogP contribution in [-0.4, -0.2) is 10.9 Å². The van der Waals surface area contributed by atoms with E-state index < -0.39 is 0 Å². The number of carbonyl (C=O) groups is 1. The predicted octanol–water partition coefficient (Wildman–Crippen LogP) is 4.91. The van der Waals surface area contributed by atoms with Gasteiger partial charge in [0.15, 0.2) is 5.78 Å². The molecule has 5 unspecified atom stereocenters. The van der Waals surface area contributed by atoms with Gasteiger partial charge in [0.25, 0.3) is 0 Å². The van der Waals surface area contributed by atoms with Crippen LogP contribution in [0.1, 0.15) is 74.2 Å². The average Bonchev–Trinajstić information content (AvgIpc) is 2.84. The minimum atomic E-state index is 0.220. The lowest BCUT2D eigenvalue weighted by atomic mass is 9.54. The second-order valence-electron chi connectivity index (χ2n) is 8.00. The van der Waals surface area contributed by atoms with E-state index in [-0.39, 0.29) is 11.5 Å². The van der Waals surface area contributed by atoms with Crippen LogP contribution in [0, 0.1) is 23.2 Å². The van der Waals surface area contributed by atoms with Crippen molar-refractivity contribution < 1.29 is 9.90 Å². The van der Waals surface area contributed by atoms with Crippen molar-refractivity contribution in [1.82, 2.24) is 0 Å². The molecule has 0 bridgehead atoms. The minimum absolute atomic E-state index is 0.220. The SMILES string of the molecule is CCC1CCC2C3CC(=O)c4cc(O)ccc4C3CCC12C. The van der Waals surface area contributed by atoms with Crippen LogP contribution >= 0.6 is 0 Å². The third kappa shape index (κ3) is 1.82. The number of carbonyl (C=O) groups excluding carboxylic acids is 1. The Hall–Kier alpha value is -1.31. The molecule has 2 nitrogen and oxygen atoms in total. The smallest absolute Gasteiger partial charge is 0.163 e. The summed E-state index contributed by atoms with van der Waals surface area (Å²) in [5.41, 5.74) is 2.45. The van der Waals surface area contributed by atoms with Gasteiger partial charge >= 0.3 is 0 Å². The Morgan fingerprint density at radius 1 is 1.27 bits per heavy atom. The Morgan fingerprint density at radius 2 is 2.09 bits per heavy atom. The van der Waals surface area contributed by atoms with Crippen LogP contribution in [0.15, 0.2) is 18.2 Å². The highest BCUT2D eigenvalue weighted by Gasteiger charge is 2.54. The van der Waals surface area contributed by atoms with E-state index in [0.29, 0.717) is 29.6 Å². The van der Waals surface area contributed by atoms with E-state index in [4.69, 9.17) is 0 Å². The van der Waals surface area contributed by atoms with Crippen LogP contribution in [-0.2, 0) is 0 Å². The second-order valence-corrected chi connectivity index (χ2v) is 8.00. The molecule has 1 aromatic rings. The molecule has 2 saturated carbocycles. The van der Waals surface area contributed by atoms with Crippen LogP contribution in [0.4, 0.5) is 0 Å². The number of hydrogen-bond donors (Lipinski definition) is 1. The Kier molecular flexibility index (Phi) is 3.15. The zero-order valence-electron chi connectivity index (χ0n) is 13.6. The molecule has 5 atom stereocenters. The van der Waals surface area contributed by atoms with Crippen molar-refractivity contribution in [3.63, 3.8) is 0 Å². The second kappa shape index (κ2) is 4.84. The highest BCUT2D eigenvalue weighted by molar-refractivity contribution is 5.99. The largest absolute Gasteiger partial charge is 0.508 e. The van der Waals surface area contributed by atoms with Gasteiger partial charge in [-0.2, -0.15) is 0 Å². The van der Waals surface area contributed by atoms with Gasteiger partial charge in [0.05, 0.1) is 0 Å². The van der Waals surface area contributed by atoms with Gasteiger partial charge in [-0.05, 0) is 72.5 Å². The van der Waals surface area contributed by atoms with Crippen LogP contribution in [0.3, 0.4) is 0 Å². The van der Waals surface area contributed by atoms with Crippen molar-refractivity contribution >= 4 is 5.78 Å². The van der Waals surface area contributed by atoms with Crippen LogP contribution in [0.2, 0.25) is 0 Å². The molecule has 0 saturated heterocycles. The van der Waals surface area contributed by atoms with Gasteiger partial charge in [0, 0.05) is 12.0 Å². The number of ketones is 1. The predicted molar refractivity (Wildman–Crippen MR) is 87.1 cm³/mol. The lowest BCUT2D eigenvalue weighted by Crippen LogP contribution is -2.43. The first kappa shape index (κ1) is 14.3. The van der Waals surface area contributed by atoms with Crippen molar-refractivity contribution in [2.45, 2.75) is 58.3 Å². The lowest BCUT2D eigenvalue weighted by molar-refractivity contribution is 0.0270. The van der Waals surface area contributed by atoms with Crippen molar-refractivity contribution in [1.29, 1.82) is 0 Å². The number of benzene rings is 1. The number of hydrogen-bond acceptors (Lipinski definition) is 2. The van der Waals surface area contributed by atoms with Crippen molar-refractivity contribution in [3.8, 4) is 5.75 Å². The van der Waals surface area contributed by atoms with Gasteiger partial charge in [0.2, 0.25) is 0 Å². The third-order valence-electron chi connectivity index (χ3n) is 7.28. The quantitative estimate of drug-likeness (QED) is 0.799. The fourth-order valence-electron chi connectivity index (χ4n) is 6.17. The normalized spacial score (nSPS) is 40.0. The molecule has 0 amide bonds. The van der Waals surface area contributed by atoms with Crippen LogP contribution in [0.5, 0.6) is 5.75 Å². The average molecular weight is 298 g/mol. The van der Waals surface area contributed by atoms with E-state index in [1.165, 1.54) is 37.7 Å². The molecule has 0 spiro atoms. The maximum Gasteiger partial charge on any atom is 0.163 e. The standard InChI is InChI=1S/C20H26O2/c1-3-12-4-7-18-16-11-19(22)17-10-13(21)5-6-14(17)15(16)8-9-20(12,18)2/h5-6,10,12,15-16,18,21H,3-4,7-9,11H2,1-2H3. The highest BCUT2D eigenvalue weighted by atomic mass is 16.3. The van der Waals surface area contributed by atoms with Gasteiger partial charge in [-0.15, -0.1) is 0 Å². The molecule has 118 valence electrons. The van der Waals surface area contributed by atoms with E-state index in [1.54, 1.807) is 12.1 Å². The van der Waals surface area contributed by atoms with Gasteiger partial charge in [-0.3, -0.25) is 4.79 Å². The highest BCUT2D eigenvalue weighted by Crippen LogP contribution is 2.63. The van der Waals surface area contributed by atoms with E-state index in [9.17, 15) is 9.90 Å². The maximum atomic E-state index is 12.6. The van der Waals surface area contributed by atoms with Crippen molar-refractivity contribution in [3.05, 3.63) is 29.3 Å². The van der Waals surface area contributed by atoms with E-state index >= 15 is 0 Å². The number of aromatic hydroxyl groups is 1. The summed E-state index contributed by atoms with van der Waals surface area (Å²) >= 11 is 0. The van der Waals surface area contributed by atoms with E-state index in [0.717, 1.165) is 11.5 Å². The molecule has 1 aromatic carbocycles. The Bertz CT molecular complexity index is 620. The summed E-state index contributed by atoms with van der Waals surface area (Å²) in [5.74, 6) is 3.08. The third-order valence-corrected chi connectivity index (χ3v) is 7.28. The van der Waals surface area contributed by atoms with Gasteiger partial charge in [-0.25, -0.2) is 0 Å². The fourth-order valence-corrected chi connectivity index (χ4v) is 6.17. The Balaban J connectivity index is 1.74. The summed E-state index contributed by atoms with van der Waals surface area (Å²) in [6.07, 6.45) is 7.13. The molecule has 3 aliphatic rings. The molecule has 0 heterocycles. The van der Waals surface area contributed by atoms with Crippen LogP contribution < -0.4 is 0 Å². The minimum Gasteiger partial charge on any atom is -0.508 e. The summed E-state index contributed by atoms with van der Waals surface area (Å²) < 4.78 is 0. The number of phenolic OH excluding ortho intramolecular Hbond substituents is 1. The van der Waals surface area contributed by atoms with Crippen molar-refractivity contribution in [2.24, 2.45) is 23.2 Å². The topological polar surface area (TPSA) is 37.3 Å². The summed E-state index contributed by atoms with van der Waals surface area (Å²) in [5, 5.41) is 9.71. The number of rotatable bonds is 1. The lowest BCUT2D eigenvalue weighted by Gasteiger charge is -2.50. The van der Waals surface area contributed by atoms with E-state index in [2.05, 4.69) is 13.8 Å². The summed E-state index contributed by atoms with van der Waals surface area (Å²) in [6.45, 7) is 4.82. The molecule has 3 aliphatic carbocycles. The first-order chi connectivity index (χ1) is 10.5. The molecule has 0 aromatic heterocycles. The molecule has 4 rings (SSSR count). The van der Waals surface area contributed by atoms with Gasteiger partial charge in [0.1, 0.15) is 5.75 Å². The number of phenols is 1. The number of fused-ring (bicyclic) bond motifs is 5. The maximum absolute atomic E-state index is 12.6. The summed E-state index contributed by atoms with van der Waals surface area (Å²) in [6, 6.07) is 5.45. The van der Waals surface area contributed by atoms with E-state index in [1.807, 2.05) is 6.07 Å². The number of Topliss-reactive ketones (excluding diaryl/α,β-unsaturated/α-hetero) is 1. The molecule has 0 radical (unpaired) electrons. The van der Waals surface area contributed by atoms with Gasteiger partial charge in [-0.1, -0.05) is 26.3 Å².